The third kappa shape index (κ3) is 3.90. The SMILES string of the molecule is CS(=O)(=O)NC(c1ccccc1)[C@H](N)c1ccccc1. The van der Waals surface area contributed by atoms with Gasteiger partial charge in [-0.1, -0.05) is 60.7 Å². The first kappa shape index (κ1) is 14.7. The zero-order valence-corrected chi connectivity index (χ0v) is 12.0. The molecule has 0 aliphatic rings. The molecule has 0 heterocycles. The van der Waals surface area contributed by atoms with Gasteiger partial charge in [-0.15, -0.1) is 0 Å². The molecule has 0 aliphatic carbocycles. The van der Waals surface area contributed by atoms with Crippen molar-refractivity contribution in [1.82, 2.24) is 4.72 Å². The van der Waals surface area contributed by atoms with E-state index in [0.29, 0.717) is 0 Å². The maximum atomic E-state index is 11.6. The molecule has 2 aromatic carbocycles. The zero-order valence-electron chi connectivity index (χ0n) is 11.2. The number of sulfonamides is 1. The third-order valence-electron chi connectivity index (χ3n) is 3.04. The van der Waals surface area contributed by atoms with Crippen LogP contribution < -0.4 is 10.5 Å². The van der Waals surface area contributed by atoms with Crippen molar-refractivity contribution in [3.05, 3.63) is 71.8 Å². The first-order valence-corrected chi connectivity index (χ1v) is 8.19. The van der Waals surface area contributed by atoms with E-state index in [1.165, 1.54) is 0 Å². The lowest BCUT2D eigenvalue weighted by Crippen LogP contribution is -2.35. The molecule has 1 unspecified atom stereocenters. The van der Waals surface area contributed by atoms with Crippen molar-refractivity contribution in [2.75, 3.05) is 6.26 Å². The summed E-state index contributed by atoms with van der Waals surface area (Å²) in [6, 6.07) is 17.9. The summed E-state index contributed by atoms with van der Waals surface area (Å²) in [6.45, 7) is 0. The van der Waals surface area contributed by atoms with Crippen molar-refractivity contribution in [2.24, 2.45) is 5.73 Å². The molecule has 20 heavy (non-hydrogen) atoms. The summed E-state index contributed by atoms with van der Waals surface area (Å²) in [5.41, 5.74) is 7.98. The van der Waals surface area contributed by atoms with E-state index in [0.717, 1.165) is 17.4 Å². The number of hydrogen-bond donors (Lipinski definition) is 2. The molecule has 0 fully saturated rings. The van der Waals surface area contributed by atoms with Crippen molar-refractivity contribution >= 4 is 10.0 Å². The molecule has 0 amide bonds. The van der Waals surface area contributed by atoms with E-state index >= 15 is 0 Å². The van der Waals surface area contributed by atoms with Crippen LogP contribution in [0.15, 0.2) is 60.7 Å². The molecule has 5 heteroatoms. The topological polar surface area (TPSA) is 72.2 Å². The Kier molecular flexibility index (Phi) is 4.54. The number of nitrogens with one attached hydrogen (secondary N) is 1. The summed E-state index contributed by atoms with van der Waals surface area (Å²) in [6.07, 6.45) is 1.14. The molecule has 0 spiro atoms. The Morgan fingerprint density at radius 2 is 1.35 bits per heavy atom. The summed E-state index contributed by atoms with van der Waals surface area (Å²) < 4.78 is 25.8. The minimum Gasteiger partial charge on any atom is -0.322 e. The molecular weight excluding hydrogens is 272 g/mol. The van der Waals surface area contributed by atoms with Gasteiger partial charge in [0.05, 0.1) is 18.3 Å². The molecule has 0 saturated carbocycles. The number of rotatable bonds is 5. The monoisotopic (exact) mass is 290 g/mol. The molecule has 3 N–H and O–H groups in total. The minimum atomic E-state index is -3.35. The Hall–Kier alpha value is -1.69. The highest BCUT2D eigenvalue weighted by atomic mass is 32.2. The van der Waals surface area contributed by atoms with Gasteiger partial charge in [0.2, 0.25) is 10.0 Å². The van der Waals surface area contributed by atoms with Gasteiger partial charge in [-0.3, -0.25) is 0 Å². The lowest BCUT2D eigenvalue weighted by atomic mass is 9.95. The van der Waals surface area contributed by atoms with Gasteiger partial charge in [-0.2, -0.15) is 0 Å². The van der Waals surface area contributed by atoms with E-state index in [9.17, 15) is 8.42 Å². The number of benzene rings is 2. The average molecular weight is 290 g/mol. The lowest BCUT2D eigenvalue weighted by Gasteiger charge is -2.25. The first-order chi connectivity index (χ1) is 9.47. The summed E-state index contributed by atoms with van der Waals surface area (Å²) in [5, 5.41) is 0. The fraction of sp³-hybridized carbons (Fsp3) is 0.200. The van der Waals surface area contributed by atoms with Gasteiger partial charge in [0.25, 0.3) is 0 Å². The van der Waals surface area contributed by atoms with E-state index < -0.39 is 22.1 Å². The second kappa shape index (κ2) is 6.17. The van der Waals surface area contributed by atoms with Gasteiger partial charge >= 0.3 is 0 Å². The molecule has 2 aromatic rings. The first-order valence-electron chi connectivity index (χ1n) is 6.30. The Bertz CT molecular complexity index is 642. The Balaban J connectivity index is 2.37. The largest absolute Gasteiger partial charge is 0.322 e. The summed E-state index contributed by atoms with van der Waals surface area (Å²) in [4.78, 5) is 0. The molecule has 106 valence electrons. The van der Waals surface area contributed by atoms with Crippen LogP contribution >= 0.6 is 0 Å². The van der Waals surface area contributed by atoms with E-state index in [-0.39, 0.29) is 0 Å². The van der Waals surface area contributed by atoms with E-state index in [1.807, 2.05) is 60.7 Å². The van der Waals surface area contributed by atoms with Crippen LogP contribution in [0.1, 0.15) is 23.2 Å². The van der Waals surface area contributed by atoms with Crippen LogP contribution in [0.3, 0.4) is 0 Å². The average Bonchev–Trinajstić information content (AvgIpc) is 2.45. The van der Waals surface area contributed by atoms with Gasteiger partial charge in [-0.25, -0.2) is 13.1 Å². The van der Waals surface area contributed by atoms with Crippen LogP contribution in [-0.4, -0.2) is 14.7 Å². The number of nitrogens with two attached hydrogens (primary N) is 1. The highest BCUT2D eigenvalue weighted by Crippen LogP contribution is 2.27. The van der Waals surface area contributed by atoms with Crippen molar-refractivity contribution in [1.29, 1.82) is 0 Å². The van der Waals surface area contributed by atoms with Crippen LogP contribution in [0.2, 0.25) is 0 Å². The molecule has 4 nitrogen and oxygen atoms in total. The molecule has 2 rings (SSSR count). The molecule has 0 bridgehead atoms. The van der Waals surface area contributed by atoms with E-state index in [2.05, 4.69) is 4.72 Å². The quantitative estimate of drug-likeness (QED) is 0.884. The molecule has 0 saturated heterocycles. The Labute approximate surface area is 119 Å². The van der Waals surface area contributed by atoms with Crippen molar-refractivity contribution in [3.8, 4) is 0 Å². The summed E-state index contributed by atoms with van der Waals surface area (Å²) in [7, 11) is -3.35. The predicted octanol–water partition coefficient (Wildman–Crippen LogP) is 1.98. The molecule has 0 radical (unpaired) electrons. The minimum absolute atomic E-state index is 0.451. The second-order valence-electron chi connectivity index (χ2n) is 4.71. The van der Waals surface area contributed by atoms with Crippen molar-refractivity contribution in [3.63, 3.8) is 0 Å². The van der Waals surface area contributed by atoms with Gasteiger partial charge in [0.15, 0.2) is 0 Å². The molecule has 2 atom stereocenters. The predicted molar refractivity (Wildman–Crippen MR) is 80.5 cm³/mol. The highest BCUT2D eigenvalue weighted by Gasteiger charge is 2.24. The Morgan fingerprint density at radius 3 is 1.80 bits per heavy atom. The van der Waals surface area contributed by atoms with E-state index in [1.54, 1.807) is 0 Å². The van der Waals surface area contributed by atoms with Crippen LogP contribution in [0, 0.1) is 0 Å². The van der Waals surface area contributed by atoms with Gasteiger partial charge in [0, 0.05) is 0 Å². The van der Waals surface area contributed by atoms with Crippen molar-refractivity contribution < 1.29 is 8.42 Å². The van der Waals surface area contributed by atoms with Crippen LogP contribution in [0.5, 0.6) is 0 Å². The van der Waals surface area contributed by atoms with Gasteiger partial charge in [-0.05, 0) is 11.1 Å². The molecular formula is C15H18N2O2S. The normalized spacial score (nSPS) is 14.7. The fourth-order valence-electron chi connectivity index (χ4n) is 2.11. The van der Waals surface area contributed by atoms with Gasteiger partial charge < -0.3 is 5.73 Å². The maximum absolute atomic E-state index is 11.6. The second-order valence-corrected chi connectivity index (χ2v) is 6.49. The van der Waals surface area contributed by atoms with Crippen molar-refractivity contribution in [2.45, 2.75) is 12.1 Å². The fourth-order valence-corrected chi connectivity index (χ4v) is 2.85. The highest BCUT2D eigenvalue weighted by molar-refractivity contribution is 7.88. The number of hydrogen-bond acceptors (Lipinski definition) is 3. The van der Waals surface area contributed by atoms with Crippen LogP contribution in [0.4, 0.5) is 0 Å². The smallest absolute Gasteiger partial charge is 0.209 e. The van der Waals surface area contributed by atoms with Crippen LogP contribution in [0.25, 0.3) is 0 Å². The zero-order chi connectivity index (χ0) is 14.6. The maximum Gasteiger partial charge on any atom is 0.209 e. The standard InChI is InChI=1S/C15H18N2O2S/c1-20(18,19)17-15(13-10-6-3-7-11-13)14(16)12-8-4-2-5-9-12/h2-11,14-15,17H,16H2,1H3/t14-,15?/m1/s1. The third-order valence-corrected chi connectivity index (χ3v) is 3.73. The summed E-state index contributed by atoms with van der Waals surface area (Å²) >= 11 is 0. The summed E-state index contributed by atoms with van der Waals surface area (Å²) in [5.74, 6) is 0. The van der Waals surface area contributed by atoms with Crippen LogP contribution in [-0.2, 0) is 10.0 Å². The Morgan fingerprint density at radius 1 is 0.900 bits per heavy atom. The lowest BCUT2D eigenvalue weighted by molar-refractivity contribution is 0.507. The van der Waals surface area contributed by atoms with E-state index in [4.69, 9.17) is 5.73 Å². The molecule has 0 aliphatic heterocycles. The molecule has 0 aromatic heterocycles. The van der Waals surface area contributed by atoms with Gasteiger partial charge in [0.1, 0.15) is 0 Å².